The van der Waals surface area contributed by atoms with E-state index in [1.165, 1.54) is 30.5 Å². The number of amides is 1. The van der Waals surface area contributed by atoms with Gasteiger partial charge in [-0.05, 0) is 84.3 Å². The minimum atomic E-state index is -0.231. The molecule has 1 aliphatic carbocycles. The summed E-state index contributed by atoms with van der Waals surface area (Å²) in [5.74, 6) is -0.00840. The number of benzene rings is 1. The van der Waals surface area contributed by atoms with Crippen LogP contribution in [0.5, 0.6) is 0 Å². The highest BCUT2D eigenvalue weighted by Gasteiger charge is 2.57. The fourth-order valence-electron chi connectivity index (χ4n) is 4.23. The van der Waals surface area contributed by atoms with Crippen LogP contribution in [0.1, 0.15) is 36.8 Å². The maximum absolute atomic E-state index is 13.1. The van der Waals surface area contributed by atoms with E-state index in [2.05, 4.69) is 27.0 Å². The predicted octanol–water partition coefficient (Wildman–Crippen LogP) is 4.41. The number of halogens is 2. The number of carbonyl (C=O) groups is 1. The van der Waals surface area contributed by atoms with Crippen molar-refractivity contribution in [3.05, 3.63) is 58.0 Å². The molecular formula is C21H26ClFN2OS. The lowest BCUT2D eigenvalue weighted by atomic mass is 9.93. The molecule has 3 nitrogen and oxygen atoms in total. The molecule has 2 heterocycles. The Morgan fingerprint density at radius 1 is 1.19 bits per heavy atom. The molecule has 1 N–H and O–H groups in total. The summed E-state index contributed by atoms with van der Waals surface area (Å²) in [4.78, 5) is 15.2. The van der Waals surface area contributed by atoms with Crippen LogP contribution in [-0.4, -0.2) is 29.9 Å². The molecule has 1 aliphatic heterocycles. The smallest absolute Gasteiger partial charge is 0.223 e. The van der Waals surface area contributed by atoms with Crippen molar-refractivity contribution in [2.75, 3.05) is 13.1 Å². The molecule has 1 aromatic heterocycles. The summed E-state index contributed by atoms with van der Waals surface area (Å²) in [5, 5.41) is 7.64. The lowest BCUT2D eigenvalue weighted by Gasteiger charge is -2.29. The monoisotopic (exact) mass is 408 g/mol. The maximum Gasteiger partial charge on any atom is 0.223 e. The molecule has 1 unspecified atom stereocenters. The van der Waals surface area contributed by atoms with Crippen LogP contribution in [0.4, 0.5) is 4.39 Å². The van der Waals surface area contributed by atoms with E-state index in [0.717, 1.165) is 25.1 Å². The standard InChI is InChI=1S/C21H25FN2OS.ClH/c22-18-4-1-16(2-5-18)3-6-20(25)24(14-17-7-12-26-15-17)19-13-21(19)8-10-23-11-9-21;/h1-2,4-5,7,12,15,19,23H,3,6,8-11,13-14H2;1H. The Bertz CT molecular complexity index is 744. The average molecular weight is 409 g/mol. The van der Waals surface area contributed by atoms with Crippen LogP contribution in [0.15, 0.2) is 41.1 Å². The van der Waals surface area contributed by atoms with Crippen LogP contribution < -0.4 is 5.32 Å². The third kappa shape index (κ3) is 4.71. The minimum Gasteiger partial charge on any atom is -0.335 e. The van der Waals surface area contributed by atoms with Gasteiger partial charge in [0.2, 0.25) is 5.91 Å². The van der Waals surface area contributed by atoms with Gasteiger partial charge in [-0.2, -0.15) is 11.3 Å². The number of thiophene rings is 1. The van der Waals surface area contributed by atoms with Gasteiger partial charge in [0.05, 0.1) is 0 Å². The lowest BCUT2D eigenvalue weighted by molar-refractivity contribution is -0.133. The summed E-state index contributed by atoms with van der Waals surface area (Å²) in [6, 6.07) is 8.98. The molecule has 4 rings (SSSR count). The Labute approximate surface area is 170 Å². The van der Waals surface area contributed by atoms with E-state index in [0.29, 0.717) is 30.8 Å². The van der Waals surface area contributed by atoms with Gasteiger partial charge in [-0.3, -0.25) is 4.79 Å². The molecule has 1 saturated heterocycles. The number of rotatable bonds is 6. The highest BCUT2D eigenvalue weighted by atomic mass is 35.5. The number of nitrogens with one attached hydrogen (secondary N) is 1. The molecule has 1 atom stereocenters. The third-order valence-electron chi connectivity index (χ3n) is 5.92. The van der Waals surface area contributed by atoms with Crippen LogP contribution in [0.3, 0.4) is 0 Å². The zero-order valence-corrected chi connectivity index (χ0v) is 17.0. The van der Waals surface area contributed by atoms with Crippen LogP contribution in [0, 0.1) is 11.2 Å². The lowest BCUT2D eigenvalue weighted by Crippen LogP contribution is -2.39. The van der Waals surface area contributed by atoms with Crippen molar-refractivity contribution in [3.63, 3.8) is 0 Å². The molecule has 1 saturated carbocycles. The molecule has 2 aliphatic rings. The molecule has 2 fully saturated rings. The van der Waals surface area contributed by atoms with Crippen molar-refractivity contribution >= 4 is 29.7 Å². The second-order valence-electron chi connectivity index (χ2n) is 7.61. The minimum absolute atomic E-state index is 0. The van der Waals surface area contributed by atoms with Crippen LogP contribution in [-0.2, 0) is 17.8 Å². The molecule has 27 heavy (non-hydrogen) atoms. The van der Waals surface area contributed by atoms with E-state index in [9.17, 15) is 9.18 Å². The van der Waals surface area contributed by atoms with Gasteiger partial charge in [-0.25, -0.2) is 4.39 Å². The Kier molecular flexibility index (Phi) is 6.56. The number of carbonyl (C=O) groups excluding carboxylic acids is 1. The molecule has 146 valence electrons. The summed E-state index contributed by atoms with van der Waals surface area (Å²) in [5.41, 5.74) is 2.58. The highest BCUT2D eigenvalue weighted by Crippen LogP contribution is 2.56. The van der Waals surface area contributed by atoms with E-state index in [1.807, 2.05) is 0 Å². The first kappa shape index (κ1) is 20.3. The molecule has 1 amide bonds. The number of piperidine rings is 1. The average Bonchev–Trinajstić information content (AvgIpc) is 3.08. The summed E-state index contributed by atoms with van der Waals surface area (Å²) in [6.45, 7) is 2.84. The second-order valence-corrected chi connectivity index (χ2v) is 8.39. The van der Waals surface area contributed by atoms with Gasteiger partial charge in [0.15, 0.2) is 0 Å². The first-order valence-corrected chi connectivity index (χ1v) is 10.4. The van der Waals surface area contributed by atoms with Gasteiger partial charge in [0, 0.05) is 19.0 Å². The van der Waals surface area contributed by atoms with Crippen molar-refractivity contribution in [3.8, 4) is 0 Å². The van der Waals surface area contributed by atoms with E-state index in [4.69, 9.17) is 0 Å². The predicted molar refractivity (Wildman–Crippen MR) is 110 cm³/mol. The Morgan fingerprint density at radius 2 is 1.93 bits per heavy atom. The highest BCUT2D eigenvalue weighted by molar-refractivity contribution is 7.07. The van der Waals surface area contributed by atoms with E-state index >= 15 is 0 Å². The molecule has 0 radical (unpaired) electrons. The fourth-order valence-corrected chi connectivity index (χ4v) is 4.89. The molecular weight excluding hydrogens is 383 g/mol. The molecule has 1 aromatic carbocycles. The maximum atomic E-state index is 13.1. The van der Waals surface area contributed by atoms with Crippen molar-refractivity contribution < 1.29 is 9.18 Å². The number of hydrogen-bond acceptors (Lipinski definition) is 3. The second kappa shape index (κ2) is 8.72. The Balaban J connectivity index is 0.00000210. The van der Waals surface area contributed by atoms with Gasteiger partial charge < -0.3 is 10.2 Å². The number of nitrogens with zero attached hydrogens (tertiary/aromatic N) is 1. The van der Waals surface area contributed by atoms with Gasteiger partial charge in [-0.1, -0.05) is 12.1 Å². The third-order valence-corrected chi connectivity index (χ3v) is 6.65. The topological polar surface area (TPSA) is 32.3 Å². The normalized spacial score (nSPS) is 20.1. The van der Waals surface area contributed by atoms with Gasteiger partial charge in [0.1, 0.15) is 5.82 Å². The Morgan fingerprint density at radius 3 is 2.59 bits per heavy atom. The molecule has 0 bridgehead atoms. The molecule has 1 spiro atoms. The van der Waals surface area contributed by atoms with Crippen LogP contribution >= 0.6 is 23.7 Å². The van der Waals surface area contributed by atoms with Crippen LogP contribution in [0.25, 0.3) is 0 Å². The Hall–Kier alpha value is -1.43. The first-order chi connectivity index (χ1) is 12.7. The zero-order chi connectivity index (χ0) is 18.0. The van der Waals surface area contributed by atoms with Crippen molar-refractivity contribution in [2.24, 2.45) is 5.41 Å². The van der Waals surface area contributed by atoms with Gasteiger partial charge in [0.25, 0.3) is 0 Å². The van der Waals surface area contributed by atoms with Crippen molar-refractivity contribution in [2.45, 2.75) is 44.7 Å². The number of aryl methyl sites for hydroxylation is 1. The van der Waals surface area contributed by atoms with Gasteiger partial charge in [-0.15, -0.1) is 12.4 Å². The summed E-state index contributed by atoms with van der Waals surface area (Å²) >= 11 is 1.68. The number of hydrogen-bond donors (Lipinski definition) is 1. The zero-order valence-electron chi connectivity index (χ0n) is 15.3. The van der Waals surface area contributed by atoms with Crippen LogP contribution in [0.2, 0.25) is 0 Å². The van der Waals surface area contributed by atoms with E-state index in [1.54, 1.807) is 23.5 Å². The largest absolute Gasteiger partial charge is 0.335 e. The quantitative estimate of drug-likeness (QED) is 0.767. The molecule has 2 aromatic rings. The summed E-state index contributed by atoms with van der Waals surface area (Å²) in [7, 11) is 0. The summed E-state index contributed by atoms with van der Waals surface area (Å²) in [6.07, 6.45) is 4.63. The SMILES string of the molecule is Cl.O=C(CCc1ccc(F)cc1)N(Cc1ccsc1)C1CC12CCNCC2. The van der Waals surface area contributed by atoms with Crippen molar-refractivity contribution in [1.82, 2.24) is 10.2 Å². The fraction of sp³-hybridized carbons (Fsp3) is 0.476. The molecule has 6 heteroatoms. The van der Waals surface area contributed by atoms with Gasteiger partial charge >= 0.3 is 0 Å². The first-order valence-electron chi connectivity index (χ1n) is 9.42. The van der Waals surface area contributed by atoms with Crippen molar-refractivity contribution in [1.29, 1.82) is 0 Å². The van der Waals surface area contributed by atoms with E-state index < -0.39 is 0 Å². The van der Waals surface area contributed by atoms with E-state index in [-0.39, 0.29) is 24.1 Å². The summed E-state index contributed by atoms with van der Waals surface area (Å²) < 4.78 is 13.1.